The normalized spacial score (nSPS) is 24.0. The number of halogens is 1. The van der Waals surface area contributed by atoms with Crippen LogP contribution in [0.25, 0.3) is 0 Å². The highest BCUT2D eigenvalue weighted by atomic mass is 35.5. The Labute approximate surface area is 140 Å². The van der Waals surface area contributed by atoms with Crippen molar-refractivity contribution >= 4 is 18.3 Å². The first-order valence-corrected chi connectivity index (χ1v) is 8.19. The molecule has 124 valence electrons. The number of carbonyl (C=O) groups excluding carboxylic acids is 1. The zero-order valence-electron chi connectivity index (χ0n) is 13.7. The summed E-state index contributed by atoms with van der Waals surface area (Å²) in [6.07, 6.45) is 7.20. The van der Waals surface area contributed by atoms with Gasteiger partial charge in [-0.1, -0.05) is 50.1 Å². The van der Waals surface area contributed by atoms with Crippen LogP contribution >= 0.6 is 12.4 Å². The minimum Gasteiger partial charge on any atom is -0.351 e. The molecular formula is C18H29ClN2O. The summed E-state index contributed by atoms with van der Waals surface area (Å²) in [7, 11) is 0. The molecule has 1 unspecified atom stereocenters. The molecule has 0 heterocycles. The van der Waals surface area contributed by atoms with Crippen molar-refractivity contribution in [3.63, 3.8) is 0 Å². The second kappa shape index (κ2) is 8.54. The van der Waals surface area contributed by atoms with Gasteiger partial charge in [0.05, 0.1) is 0 Å². The third kappa shape index (κ3) is 4.72. The maximum Gasteiger partial charge on any atom is 0.244 e. The minimum atomic E-state index is -0.957. The number of hydrogen-bond donors (Lipinski definition) is 2. The van der Waals surface area contributed by atoms with Crippen LogP contribution in [-0.4, -0.2) is 11.9 Å². The molecule has 1 saturated carbocycles. The quantitative estimate of drug-likeness (QED) is 0.866. The largest absolute Gasteiger partial charge is 0.351 e. The van der Waals surface area contributed by atoms with E-state index in [9.17, 15) is 4.79 Å². The molecule has 0 saturated heterocycles. The Hall–Kier alpha value is -1.06. The van der Waals surface area contributed by atoms with Crippen molar-refractivity contribution in [2.75, 3.05) is 0 Å². The van der Waals surface area contributed by atoms with Crippen molar-refractivity contribution in [2.24, 2.45) is 11.7 Å². The predicted molar refractivity (Wildman–Crippen MR) is 94.0 cm³/mol. The van der Waals surface area contributed by atoms with Gasteiger partial charge in [0, 0.05) is 6.04 Å². The first-order valence-electron chi connectivity index (χ1n) is 8.19. The highest BCUT2D eigenvalue weighted by molar-refractivity contribution is 5.87. The number of nitrogens with one attached hydrogen (secondary N) is 1. The predicted octanol–water partition coefficient (Wildman–Crippen LogP) is 3.76. The Morgan fingerprint density at radius 2 is 1.82 bits per heavy atom. The molecule has 3 N–H and O–H groups in total. The number of rotatable bonds is 5. The molecular weight excluding hydrogens is 296 g/mol. The van der Waals surface area contributed by atoms with E-state index in [0.717, 1.165) is 24.3 Å². The van der Waals surface area contributed by atoms with Gasteiger partial charge < -0.3 is 11.1 Å². The maximum absolute atomic E-state index is 12.5. The lowest BCUT2D eigenvalue weighted by Gasteiger charge is -2.32. The van der Waals surface area contributed by atoms with Crippen molar-refractivity contribution in [3.8, 4) is 0 Å². The summed E-state index contributed by atoms with van der Waals surface area (Å²) in [5.74, 6) is 0.786. The third-order valence-corrected chi connectivity index (χ3v) is 4.72. The Kier molecular flexibility index (Phi) is 7.37. The van der Waals surface area contributed by atoms with Gasteiger partial charge in [-0.15, -0.1) is 12.4 Å². The van der Waals surface area contributed by atoms with E-state index in [0.29, 0.717) is 0 Å². The molecule has 1 aromatic carbocycles. The topological polar surface area (TPSA) is 55.1 Å². The van der Waals surface area contributed by atoms with Gasteiger partial charge in [0.2, 0.25) is 5.91 Å². The molecule has 1 aliphatic carbocycles. The molecule has 0 spiro atoms. The lowest BCUT2D eigenvalue weighted by Crippen LogP contribution is -2.52. The Bertz CT molecular complexity index is 453. The molecule has 1 aliphatic rings. The molecule has 0 bridgehead atoms. The average Bonchev–Trinajstić information content (AvgIpc) is 2.50. The summed E-state index contributed by atoms with van der Waals surface area (Å²) >= 11 is 0. The molecule has 2 rings (SSSR count). The second-order valence-corrected chi connectivity index (χ2v) is 6.55. The van der Waals surface area contributed by atoms with Crippen molar-refractivity contribution in [3.05, 3.63) is 35.9 Å². The molecule has 0 aliphatic heterocycles. The van der Waals surface area contributed by atoms with Crippen LogP contribution in [0.2, 0.25) is 0 Å². The van der Waals surface area contributed by atoms with E-state index in [4.69, 9.17) is 5.73 Å². The molecule has 0 aromatic heterocycles. The van der Waals surface area contributed by atoms with E-state index in [2.05, 4.69) is 12.2 Å². The SMILES string of the molecule is CCCC1CCC(NC(=O)C(C)(N)c2ccccc2)CC1.Cl. The zero-order chi connectivity index (χ0) is 15.3. The second-order valence-electron chi connectivity index (χ2n) is 6.55. The lowest BCUT2D eigenvalue weighted by molar-refractivity contribution is -0.127. The number of carbonyl (C=O) groups is 1. The Morgan fingerprint density at radius 3 is 2.36 bits per heavy atom. The van der Waals surface area contributed by atoms with E-state index >= 15 is 0 Å². The van der Waals surface area contributed by atoms with Crippen LogP contribution in [0.1, 0.15) is 57.9 Å². The van der Waals surface area contributed by atoms with E-state index < -0.39 is 5.54 Å². The number of amides is 1. The summed E-state index contributed by atoms with van der Waals surface area (Å²) in [6, 6.07) is 9.90. The summed E-state index contributed by atoms with van der Waals surface area (Å²) in [6.45, 7) is 4.04. The summed E-state index contributed by atoms with van der Waals surface area (Å²) in [4.78, 5) is 12.5. The molecule has 0 radical (unpaired) electrons. The van der Waals surface area contributed by atoms with Gasteiger partial charge in [0.15, 0.2) is 0 Å². The fraction of sp³-hybridized carbons (Fsp3) is 0.611. The van der Waals surface area contributed by atoms with Gasteiger partial charge in [-0.2, -0.15) is 0 Å². The number of hydrogen-bond acceptors (Lipinski definition) is 2. The monoisotopic (exact) mass is 324 g/mol. The number of nitrogens with two attached hydrogens (primary N) is 1. The van der Waals surface area contributed by atoms with Gasteiger partial charge in [-0.25, -0.2) is 0 Å². The third-order valence-electron chi connectivity index (χ3n) is 4.72. The van der Waals surface area contributed by atoms with Crippen LogP contribution < -0.4 is 11.1 Å². The van der Waals surface area contributed by atoms with Gasteiger partial charge in [0.1, 0.15) is 5.54 Å². The van der Waals surface area contributed by atoms with E-state index in [1.54, 1.807) is 6.92 Å². The molecule has 1 fully saturated rings. The summed E-state index contributed by atoms with van der Waals surface area (Å²) in [5.41, 5.74) is 6.17. The molecule has 4 heteroatoms. The number of benzene rings is 1. The van der Waals surface area contributed by atoms with E-state index in [-0.39, 0.29) is 24.4 Å². The minimum absolute atomic E-state index is 0. The van der Waals surface area contributed by atoms with Crippen LogP contribution in [0.5, 0.6) is 0 Å². The maximum atomic E-state index is 12.5. The first-order chi connectivity index (χ1) is 10.0. The Morgan fingerprint density at radius 1 is 1.23 bits per heavy atom. The first kappa shape index (κ1) is 19.0. The highest BCUT2D eigenvalue weighted by Crippen LogP contribution is 2.28. The highest BCUT2D eigenvalue weighted by Gasteiger charge is 2.32. The van der Waals surface area contributed by atoms with Gasteiger partial charge in [-0.3, -0.25) is 4.79 Å². The molecule has 22 heavy (non-hydrogen) atoms. The smallest absolute Gasteiger partial charge is 0.244 e. The average molecular weight is 325 g/mol. The van der Waals surface area contributed by atoms with Gasteiger partial charge in [-0.05, 0) is 44.1 Å². The van der Waals surface area contributed by atoms with Crippen LogP contribution in [0.4, 0.5) is 0 Å². The van der Waals surface area contributed by atoms with Gasteiger partial charge in [0.25, 0.3) is 0 Å². The van der Waals surface area contributed by atoms with Crippen molar-refractivity contribution in [1.82, 2.24) is 5.32 Å². The van der Waals surface area contributed by atoms with Gasteiger partial charge >= 0.3 is 0 Å². The summed E-state index contributed by atoms with van der Waals surface area (Å²) < 4.78 is 0. The van der Waals surface area contributed by atoms with Crippen LogP contribution in [0.15, 0.2) is 30.3 Å². The molecule has 1 atom stereocenters. The fourth-order valence-electron chi connectivity index (χ4n) is 3.25. The van der Waals surface area contributed by atoms with Crippen LogP contribution in [-0.2, 0) is 10.3 Å². The van der Waals surface area contributed by atoms with E-state index in [1.807, 2.05) is 30.3 Å². The molecule has 1 amide bonds. The lowest BCUT2D eigenvalue weighted by atomic mass is 9.83. The zero-order valence-corrected chi connectivity index (χ0v) is 14.5. The fourth-order valence-corrected chi connectivity index (χ4v) is 3.25. The van der Waals surface area contributed by atoms with Crippen LogP contribution in [0.3, 0.4) is 0 Å². The molecule has 3 nitrogen and oxygen atoms in total. The molecule has 1 aromatic rings. The standard InChI is InChI=1S/C18H28N2O.ClH/c1-3-7-14-10-12-16(13-11-14)20-17(21)18(2,19)15-8-5-4-6-9-15;/h4-6,8-9,14,16H,3,7,10-13,19H2,1-2H3,(H,20,21);1H. The van der Waals surface area contributed by atoms with E-state index in [1.165, 1.54) is 25.7 Å². The Balaban J connectivity index is 0.00000242. The summed E-state index contributed by atoms with van der Waals surface area (Å²) in [5, 5.41) is 3.16. The van der Waals surface area contributed by atoms with Crippen molar-refractivity contribution < 1.29 is 4.79 Å². The van der Waals surface area contributed by atoms with Crippen molar-refractivity contribution in [1.29, 1.82) is 0 Å². The van der Waals surface area contributed by atoms with Crippen LogP contribution in [0, 0.1) is 5.92 Å². The van der Waals surface area contributed by atoms with Crippen molar-refractivity contribution in [2.45, 2.75) is 64.0 Å².